The molecule has 0 aliphatic rings. The summed E-state index contributed by atoms with van der Waals surface area (Å²) in [4.78, 5) is 11.7. The zero-order chi connectivity index (χ0) is 11.8. The van der Waals surface area contributed by atoms with Crippen LogP contribution in [0.3, 0.4) is 0 Å². The topological polar surface area (TPSA) is 119 Å². The van der Waals surface area contributed by atoms with Gasteiger partial charge in [-0.15, -0.1) is 0 Å². The van der Waals surface area contributed by atoms with Crippen LogP contribution < -0.4 is 16.4 Å². The highest BCUT2D eigenvalue weighted by Gasteiger charge is 2.26. The Balaban J connectivity index is 3.77. The van der Waals surface area contributed by atoms with Gasteiger partial charge in [0.1, 0.15) is 0 Å². The number of anilines is 1. The molecule has 0 fully saturated rings. The average Bonchev–Trinajstić information content (AvgIpc) is 2.05. The zero-order valence-electron chi connectivity index (χ0n) is 7.20. The van der Waals surface area contributed by atoms with E-state index in [-0.39, 0.29) is 0 Å². The van der Waals surface area contributed by atoms with Crippen LogP contribution in [0.15, 0.2) is 15.9 Å². The Morgan fingerprint density at radius 2 is 1.93 bits per heavy atom. The molecule has 0 amide bonds. The largest absolute Gasteiger partial charge is 0.397 e. The second-order valence-electron chi connectivity index (χ2n) is 2.66. The molecule has 0 atom stereocenters. The van der Waals surface area contributed by atoms with Crippen molar-refractivity contribution in [1.82, 2.24) is 4.98 Å². The molecule has 9 heteroatoms. The lowest BCUT2D eigenvalue weighted by Crippen LogP contribution is -2.26. The molecule has 0 saturated carbocycles. The number of hydrogen-bond donors (Lipinski definition) is 3. The van der Waals surface area contributed by atoms with E-state index in [1.165, 1.54) is 0 Å². The second-order valence-corrected chi connectivity index (χ2v) is 4.16. The van der Waals surface area contributed by atoms with Crippen LogP contribution in [0.4, 0.5) is 14.5 Å². The first kappa shape index (κ1) is 11.6. The van der Waals surface area contributed by atoms with Gasteiger partial charge in [-0.05, 0) is 0 Å². The Bertz CT molecular complexity index is 537. The van der Waals surface area contributed by atoms with E-state index in [1.54, 1.807) is 0 Å². The van der Waals surface area contributed by atoms with Crippen LogP contribution in [0.5, 0.6) is 0 Å². The average molecular weight is 239 g/mol. The van der Waals surface area contributed by atoms with Crippen LogP contribution in [0, 0.1) is 0 Å². The van der Waals surface area contributed by atoms with Crippen molar-refractivity contribution in [1.29, 1.82) is 0 Å². The number of primary sulfonamides is 1. The molecule has 1 aromatic heterocycles. The fourth-order valence-electron chi connectivity index (χ4n) is 1.05. The first-order valence-corrected chi connectivity index (χ1v) is 5.11. The normalized spacial score (nSPS) is 12.0. The quantitative estimate of drug-likeness (QED) is 0.647. The summed E-state index contributed by atoms with van der Waals surface area (Å²) in [5, 5.41) is 4.63. The number of nitrogens with one attached hydrogen (secondary N) is 1. The SMILES string of the molecule is Nc1c[nH]c(=O)c(S(N)(=O)=O)c1C(F)F. The van der Waals surface area contributed by atoms with Crippen molar-refractivity contribution in [3.63, 3.8) is 0 Å². The third-order valence-electron chi connectivity index (χ3n) is 1.62. The summed E-state index contributed by atoms with van der Waals surface area (Å²) in [7, 11) is -4.54. The Labute approximate surface area is 82.9 Å². The highest BCUT2D eigenvalue weighted by atomic mass is 32.2. The Morgan fingerprint density at radius 3 is 2.27 bits per heavy atom. The predicted octanol–water partition coefficient (Wildman–Crippen LogP) is -0.458. The van der Waals surface area contributed by atoms with Gasteiger partial charge in [0.15, 0.2) is 4.90 Å². The number of aromatic nitrogens is 1. The van der Waals surface area contributed by atoms with Crippen LogP contribution in [0.1, 0.15) is 12.0 Å². The lowest BCUT2D eigenvalue weighted by atomic mass is 10.2. The van der Waals surface area contributed by atoms with Crippen LogP contribution >= 0.6 is 0 Å². The molecule has 0 saturated heterocycles. The van der Waals surface area contributed by atoms with E-state index in [0.29, 0.717) is 0 Å². The van der Waals surface area contributed by atoms with Gasteiger partial charge in [0.05, 0.1) is 11.3 Å². The molecule has 84 valence electrons. The molecule has 5 N–H and O–H groups in total. The fraction of sp³-hybridized carbons (Fsp3) is 0.167. The van der Waals surface area contributed by atoms with Crippen molar-refractivity contribution in [2.45, 2.75) is 11.3 Å². The van der Waals surface area contributed by atoms with Crippen molar-refractivity contribution in [2.24, 2.45) is 5.14 Å². The predicted molar refractivity (Wildman–Crippen MR) is 47.8 cm³/mol. The van der Waals surface area contributed by atoms with Crippen LogP contribution in [0.25, 0.3) is 0 Å². The van der Waals surface area contributed by atoms with E-state index in [2.05, 4.69) is 5.14 Å². The number of nitrogen functional groups attached to an aromatic ring is 1. The fourth-order valence-corrected chi connectivity index (χ4v) is 1.88. The van der Waals surface area contributed by atoms with Crippen LogP contribution in [-0.2, 0) is 10.0 Å². The second kappa shape index (κ2) is 3.59. The molecule has 0 radical (unpaired) electrons. The molecule has 0 aliphatic heterocycles. The van der Waals surface area contributed by atoms with Crippen molar-refractivity contribution in [3.8, 4) is 0 Å². The summed E-state index contributed by atoms with van der Waals surface area (Å²) < 4.78 is 46.7. The van der Waals surface area contributed by atoms with E-state index in [9.17, 15) is 22.0 Å². The Morgan fingerprint density at radius 1 is 1.40 bits per heavy atom. The van der Waals surface area contributed by atoms with Crippen molar-refractivity contribution >= 4 is 15.7 Å². The van der Waals surface area contributed by atoms with Crippen molar-refractivity contribution in [2.75, 3.05) is 5.73 Å². The summed E-state index contributed by atoms with van der Waals surface area (Å²) in [6.07, 6.45) is -2.40. The number of H-pyrrole nitrogens is 1. The molecular weight excluding hydrogens is 232 g/mol. The van der Waals surface area contributed by atoms with E-state index in [0.717, 1.165) is 6.20 Å². The number of halogens is 2. The molecule has 1 heterocycles. The Hall–Kier alpha value is -1.48. The number of hydrogen-bond acceptors (Lipinski definition) is 4. The van der Waals surface area contributed by atoms with E-state index < -0.39 is 38.2 Å². The lowest BCUT2D eigenvalue weighted by molar-refractivity contribution is 0.148. The first-order chi connectivity index (χ1) is 6.75. The van der Waals surface area contributed by atoms with Gasteiger partial charge in [-0.3, -0.25) is 4.79 Å². The molecule has 15 heavy (non-hydrogen) atoms. The minimum absolute atomic E-state index is 0.534. The third-order valence-corrected chi connectivity index (χ3v) is 2.60. The standard InChI is InChI=1S/C6H7F2N3O3S/c7-5(8)3-2(9)1-11-6(12)4(3)15(10,13)14/h1,5H,9H2,(H,11,12)(H2,10,13,14). The van der Waals surface area contributed by atoms with Gasteiger partial charge < -0.3 is 10.7 Å². The van der Waals surface area contributed by atoms with Gasteiger partial charge in [0.2, 0.25) is 10.0 Å². The number of sulfonamides is 1. The monoisotopic (exact) mass is 239 g/mol. The van der Waals surface area contributed by atoms with E-state index in [1.807, 2.05) is 4.98 Å². The first-order valence-electron chi connectivity index (χ1n) is 3.57. The van der Waals surface area contributed by atoms with Crippen molar-refractivity contribution < 1.29 is 17.2 Å². The number of pyridine rings is 1. The van der Waals surface area contributed by atoms with Crippen LogP contribution in [0.2, 0.25) is 0 Å². The number of alkyl halides is 2. The maximum absolute atomic E-state index is 12.4. The maximum Gasteiger partial charge on any atom is 0.268 e. The molecule has 0 unspecified atom stereocenters. The molecule has 0 bridgehead atoms. The van der Waals surface area contributed by atoms with Gasteiger partial charge in [-0.1, -0.05) is 0 Å². The van der Waals surface area contributed by atoms with Gasteiger partial charge >= 0.3 is 0 Å². The smallest absolute Gasteiger partial charge is 0.268 e. The summed E-state index contributed by atoms with van der Waals surface area (Å²) in [6.45, 7) is 0. The minimum Gasteiger partial charge on any atom is -0.397 e. The zero-order valence-corrected chi connectivity index (χ0v) is 8.01. The van der Waals surface area contributed by atoms with E-state index in [4.69, 9.17) is 5.73 Å². The number of nitrogens with two attached hydrogens (primary N) is 2. The van der Waals surface area contributed by atoms with Crippen LogP contribution in [-0.4, -0.2) is 13.4 Å². The molecule has 0 aromatic carbocycles. The highest BCUT2D eigenvalue weighted by molar-refractivity contribution is 7.89. The van der Waals surface area contributed by atoms with Gasteiger partial charge in [-0.2, -0.15) is 0 Å². The summed E-state index contributed by atoms with van der Waals surface area (Å²) >= 11 is 0. The van der Waals surface area contributed by atoms with Gasteiger partial charge in [0.25, 0.3) is 12.0 Å². The van der Waals surface area contributed by atoms with Crippen molar-refractivity contribution in [3.05, 3.63) is 22.1 Å². The summed E-state index contributed by atoms with van der Waals surface area (Å²) in [6, 6.07) is 0. The van der Waals surface area contributed by atoms with Gasteiger partial charge in [-0.25, -0.2) is 22.3 Å². The lowest BCUT2D eigenvalue weighted by Gasteiger charge is -2.08. The molecule has 6 nitrogen and oxygen atoms in total. The number of aromatic amines is 1. The molecule has 1 aromatic rings. The third kappa shape index (κ3) is 2.13. The molecular formula is C6H7F2N3O3S. The molecule has 0 spiro atoms. The highest BCUT2D eigenvalue weighted by Crippen LogP contribution is 2.27. The molecule has 1 rings (SSSR count). The summed E-state index contributed by atoms with van der Waals surface area (Å²) in [5.41, 5.74) is 2.30. The Kier molecular flexibility index (Phi) is 2.77. The van der Waals surface area contributed by atoms with Gasteiger partial charge in [0, 0.05) is 6.20 Å². The molecule has 0 aliphatic carbocycles. The maximum atomic E-state index is 12.4. The number of rotatable bonds is 2. The minimum atomic E-state index is -4.54. The van der Waals surface area contributed by atoms with E-state index >= 15 is 0 Å². The summed E-state index contributed by atoms with van der Waals surface area (Å²) in [5.74, 6) is 0.